The number of fused-ring (bicyclic) bond motifs is 1. The summed E-state index contributed by atoms with van der Waals surface area (Å²) in [7, 11) is 1.27. The van der Waals surface area contributed by atoms with E-state index in [1.54, 1.807) is 27.0 Å². The van der Waals surface area contributed by atoms with Gasteiger partial charge in [0.15, 0.2) is 0 Å². The number of carbonyl (C=O) groups excluding carboxylic acids is 3. The van der Waals surface area contributed by atoms with Crippen molar-refractivity contribution < 1.29 is 23.9 Å². The molecule has 0 aliphatic carbocycles. The second kappa shape index (κ2) is 6.90. The summed E-state index contributed by atoms with van der Waals surface area (Å²) in [6.45, 7) is 5.57. The van der Waals surface area contributed by atoms with Crippen molar-refractivity contribution in [3.8, 4) is 0 Å². The van der Waals surface area contributed by atoms with Gasteiger partial charge in [-0.25, -0.2) is 19.4 Å². The number of carbonyl (C=O) groups is 3. The minimum absolute atomic E-state index is 0.148. The first-order chi connectivity index (χ1) is 11.2. The highest BCUT2D eigenvalue weighted by Gasteiger charge is 2.37. The predicted octanol–water partition coefficient (Wildman–Crippen LogP) is 0.776. The van der Waals surface area contributed by atoms with Crippen LogP contribution in [-0.2, 0) is 20.7 Å². The highest BCUT2D eigenvalue weighted by Crippen LogP contribution is 2.18. The van der Waals surface area contributed by atoms with E-state index in [1.807, 2.05) is 0 Å². The van der Waals surface area contributed by atoms with Gasteiger partial charge in [0.1, 0.15) is 18.0 Å². The van der Waals surface area contributed by atoms with E-state index in [0.717, 1.165) is 0 Å². The molecule has 0 saturated heterocycles. The Morgan fingerprint density at radius 3 is 2.75 bits per heavy atom. The zero-order chi connectivity index (χ0) is 17.9. The van der Waals surface area contributed by atoms with Gasteiger partial charge in [0.25, 0.3) is 0 Å². The molecule has 0 unspecified atom stereocenters. The Labute approximate surface area is 139 Å². The average Bonchev–Trinajstić information content (AvgIpc) is 2.95. The molecule has 1 aromatic heterocycles. The fraction of sp³-hybridized carbons (Fsp3) is 0.600. The van der Waals surface area contributed by atoms with E-state index in [-0.39, 0.29) is 19.1 Å². The Kier molecular flexibility index (Phi) is 5.10. The monoisotopic (exact) mass is 338 g/mol. The Bertz CT molecular complexity index is 634. The van der Waals surface area contributed by atoms with E-state index < -0.39 is 23.7 Å². The largest absolute Gasteiger partial charge is 0.467 e. The number of rotatable bonds is 4. The molecule has 1 aromatic rings. The van der Waals surface area contributed by atoms with Crippen molar-refractivity contribution >= 4 is 18.1 Å². The molecule has 0 bridgehead atoms. The van der Waals surface area contributed by atoms with Crippen molar-refractivity contribution in [3.05, 3.63) is 18.2 Å². The quantitative estimate of drug-likeness (QED) is 0.814. The molecule has 1 aliphatic heterocycles. The molecule has 24 heavy (non-hydrogen) atoms. The summed E-state index contributed by atoms with van der Waals surface area (Å²) >= 11 is 0. The van der Waals surface area contributed by atoms with Gasteiger partial charge in [0.2, 0.25) is 0 Å². The molecule has 0 spiro atoms. The minimum atomic E-state index is -0.743. The van der Waals surface area contributed by atoms with E-state index in [9.17, 15) is 14.4 Å². The van der Waals surface area contributed by atoms with Gasteiger partial charge < -0.3 is 19.7 Å². The molecular formula is C15H22N4O5. The smallest absolute Gasteiger partial charge is 0.407 e. The molecule has 2 rings (SSSR count). The average molecular weight is 338 g/mol. The van der Waals surface area contributed by atoms with Crippen LogP contribution in [-0.4, -0.2) is 64.4 Å². The molecule has 9 nitrogen and oxygen atoms in total. The molecule has 1 N–H and O–H groups in total. The van der Waals surface area contributed by atoms with Gasteiger partial charge in [-0.15, -0.1) is 0 Å². The first-order valence-corrected chi connectivity index (χ1v) is 7.60. The van der Waals surface area contributed by atoms with Gasteiger partial charge in [-0.2, -0.15) is 0 Å². The van der Waals surface area contributed by atoms with Crippen LogP contribution in [0.1, 0.15) is 26.5 Å². The van der Waals surface area contributed by atoms with Crippen LogP contribution in [0.25, 0.3) is 0 Å². The molecule has 132 valence electrons. The maximum absolute atomic E-state index is 12.5. The minimum Gasteiger partial charge on any atom is -0.467 e. The number of nitrogens with one attached hydrogen (secondary N) is 1. The second-order valence-electron chi connectivity index (χ2n) is 6.40. The summed E-state index contributed by atoms with van der Waals surface area (Å²) in [6, 6.07) is -1.12. The zero-order valence-corrected chi connectivity index (χ0v) is 14.2. The molecule has 9 heteroatoms. The van der Waals surface area contributed by atoms with E-state index >= 15 is 0 Å². The van der Waals surface area contributed by atoms with Crippen LogP contribution in [0.2, 0.25) is 0 Å². The van der Waals surface area contributed by atoms with Gasteiger partial charge in [0, 0.05) is 31.4 Å². The van der Waals surface area contributed by atoms with Crippen LogP contribution >= 0.6 is 0 Å². The van der Waals surface area contributed by atoms with Crippen molar-refractivity contribution in [2.75, 3.05) is 20.2 Å². The lowest BCUT2D eigenvalue weighted by atomic mass is 10.1. The number of nitrogens with zero attached hydrogens (tertiary/aromatic N) is 3. The summed E-state index contributed by atoms with van der Waals surface area (Å²) in [5, 5.41) is 2.57. The molecule has 0 fully saturated rings. The summed E-state index contributed by atoms with van der Waals surface area (Å²) < 4.78 is 11.3. The molecule has 2 amide bonds. The standard InChI is InChI=1S/C15H22N4O5/c1-15(2,3)24-13(21)17-5-6-18-11(12(20)23-4)7-10-8-16-9-19(10)14(18)22/h8-9,11H,5-7H2,1-4H3,(H,17,21)/t11-/m0/s1. The van der Waals surface area contributed by atoms with Crippen molar-refractivity contribution in [1.29, 1.82) is 0 Å². The van der Waals surface area contributed by atoms with Crippen molar-refractivity contribution in [3.63, 3.8) is 0 Å². The highest BCUT2D eigenvalue weighted by atomic mass is 16.6. The number of aromatic nitrogens is 2. The third kappa shape index (κ3) is 4.03. The highest BCUT2D eigenvalue weighted by molar-refractivity contribution is 5.87. The maximum Gasteiger partial charge on any atom is 0.407 e. The summed E-state index contributed by atoms with van der Waals surface area (Å²) in [6.07, 6.45) is 2.68. The Morgan fingerprint density at radius 2 is 2.12 bits per heavy atom. The third-order valence-electron chi connectivity index (χ3n) is 3.44. The molecule has 1 aliphatic rings. The SMILES string of the molecule is COC(=O)[C@@H]1Cc2cncn2C(=O)N1CCNC(=O)OC(C)(C)C. The topological polar surface area (TPSA) is 103 Å². The number of esters is 1. The van der Waals surface area contributed by atoms with Crippen LogP contribution in [0, 0.1) is 0 Å². The van der Waals surface area contributed by atoms with Gasteiger partial charge >= 0.3 is 18.1 Å². The molecule has 0 saturated carbocycles. The van der Waals surface area contributed by atoms with Gasteiger partial charge in [-0.3, -0.25) is 4.57 Å². The van der Waals surface area contributed by atoms with Gasteiger partial charge in [-0.05, 0) is 20.8 Å². The summed E-state index contributed by atoms with van der Waals surface area (Å²) in [5.41, 5.74) is 0.0393. The van der Waals surface area contributed by atoms with Crippen LogP contribution in [0.4, 0.5) is 9.59 Å². The predicted molar refractivity (Wildman–Crippen MR) is 83.5 cm³/mol. The number of imidazole rings is 1. The first kappa shape index (κ1) is 17.8. The summed E-state index contributed by atoms with van der Waals surface area (Å²) in [4.78, 5) is 41.4. The van der Waals surface area contributed by atoms with Crippen LogP contribution < -0.4 is 5.32 Å². The van der Waals surface area contributed by atoms with Crippen molar-refractivity contribution in [2.45, 2.75) is 38.8 Å². The van der Waals surface area contributed by atoms with Crippen LogP contribution in [0.15, 0.2) is 12.5 Å². The lowest BCUT2D eigenvalue weighted by Crippen LogP contribution is -2.54. The molecule has 2 heterocycles. The van der Waals surface area contributed by atoms with Crippen molar-refractivity contribution in [1.82, 2.24) is 19.8 Å². The van der Waals surface area contributed by atoms with E-state index in [0.29, 0.717) is 12.1 Å². The second-order valence-corrected chi connectivity index (χ2v) is 6.40. The molecule has 0 aromatic carbocycles. The normalized spacial score (nSPS) is 17.2. The van der Waals surface area contributed by atoms with Gasteiger partial charge in [-0.1, -0.05) is 0 Å². The van der Waals surface area contributed by atoms with Crippen LogP contribution in [0.5, 0.6) is 0 Å². The Morgan fingerprint density at radius 1 is 1.42 bits per heavy atom. The molecule has 1 atom stereocenters. The number of hydrogen-bond donors (Lipinski definition) is 1. The van der Waals surface area contributed by atoms with Crippen molar-refractivity contribution in [2.24, 2.45) is 0 Å². The Balaban J connectivity index is 2.02. The van der Waals surface area contributed by atoms with E-state index in [4.69, 9.17) is 9.47 Å². The lowest BCUT2D eigenvalue weighted by Gasteiger charge is -2.34. The fourth-order valence-electron chi connectivity index (χ4n) is 2.42. The third-order valence-corrected chi connectivity index (χ3v) is 3.44. The molecular weight excluding hydrogens is 316 g/mol. The lowest BCUT2D eigenvalue weighted by molar-refractivity contribution is -0.146. The zero-order valence-electron chi connectivity index (χ0n) is 14.2. The van der Waals surface area contributed by atoms with E-state index in [2.05, 4.69) is 10.3 Å². The maximum atomic E-state index is 12.5. The molecule has 0 radical (unpaired) electrons. The number of ether oxygens (including phenoxy) is 2. The fourth-order valence-corrected chi connectivity index (χ4v) is 2.42. The Hall–Kier alpha value is -2.58. The van der Waals surface area contributed by atoms with Crippen LogP contribution in [0.3, 0.4) is 0 Å². The number of alkyl carbamates (subject to hydrolysis) is 1. The van der Waals surface area contributed by atoms with Gasteiger partial charge in [0.05, 0.1) is 7.11 Å². The summed E-state index contributed by atoms with van der Waals surface area (Å²) in [5.74, 6) is -0.506. The number of methoxy groups -OCH3 is 1. The first-order valence-electron chi connectivity index (χ1n) is 7.60. The number of hydrogen-bond acceptors (Lipinski definition) is 6. The van der Waals surface area contributed by atoms with E-state index in [1.165, 1.54) is 22.9 Å². The number of amides is 2.